The maximum Gasteiger partial charge on any atom is 0.244 e. The van der Waals surface area contributed by atoms with Crippen molar-refractivity contribution >= 4 is 35.2 Å². The fraction of sp³-hybridized carbons (Fsp3) is 0.438. The van der Waals surface area contributed by atoms with Crippen molar-refractivity contribution in [2.45, 2.75) is 38.6 Å². The van der Waals surface area contributed by atoms with Crippen molar-refractivity contribution in [2.24, 2.45) is 5.92 Å². The van der Waals surface area contributed by atoms with Crippen LogP contribution in [0.1, 0.15) is 38.2 Å². The van der Waals surface area contributed by atoms with E-state index in [-0.39, 0.29) is 5.91 Å². The van der Waals surface area contributed by atoms with Crippen molar-refractivity contribution in [3.05, 3.63) is 39.9 Å². The minimum absolute atomic E-state index is 0.0465. The van der Waals surface area contributed by atoms with Crippen molar-refractivity contribution < 1.29 is 4.79 Å². The van der Waals surface area contributed by atoms with Crippen LogP contribution < -0.4 is 5.32 Å². The summed E-state index contributed by atoms with van der Waals surface area (Å²) in [6, 6.07) is 5.61. The highest BCUT2D eigenvalue weighted by Gasteiger charge is 2.21. The molecule has 0 aliphatic heterocycles. The molecule has 0 radical (unpaired) electrons. The molecule has 1 fully saturated rings. The molecule has 0 unspecified atom stereocenters. The number of carbonyl (C=O) groups excluding carboxylic acids is 1. The number of hydrogen-bond acceptors (Lipinski definition) is 1. The van der Waals surface area contributed by atoms with Crippen LogP contribution in [0.15, 0.2) is 24.3 Å². The molecule has 0 saturated heterocycles. The third-order valence-electron chi connectivity index (χ3n) is 3.81. The van der Waals surface area contributed by atoms with Crippen LogP contribution in [0.2, 0.25) is 10.0 Å². The van der Waals surface area contributed by atoms with Gasteiger partial charge in [0.2, 0.25) is 5.91 Å². The molecule has 1 aromatic rings. The summed E-state index contributed by atoms with van der Waals surface area (Å²) >= 11 is 11.8. The first-order chi connectivity index (χ1) is 9.56. The molecule has 0 heterocycles. The van der Waals surface area contributed by atoms with Gasteiger partial charge in [-0.2, -0.15) is 0 Å². The van der Waals surface area contributed by atoms with Crippen LogP contribution in [0.4, 0.5) is 0 Å². The molecule has 1 aromatic carbocycles. The van der Waals surface area contributed by atoms with E-state index in [0.717, 1.165) is 12.0 Å². The zero-order chi connectivity index (χ0) is 14.5. The lowest BCUT2D eigenvalue weighted by Crippen LogP contribution is -2.40. The van der Waals surface area contributed by atoms with Crippen molar-refractivity contribution in [1.29, 1.82) is 0 Å². The van der Waals surface area contributed by atoms with Crippen LogP contribution in [-0.2, 0) is 4.79 Å². The van der Waals surface area contributed by atoms with Crippen LogP contribution in [0.5, 0.6) is 0 Å². The lowest BCUT2D eigenvalue weighted by atomic mass is 9.86. The second-order valence-corrected chi connectivity index (χ2v) is 6.20. The van der Waals surface area contributed by atoms with E-state index in [0.29, 0.717) is 22.0 Å². The molecular formula is C16H19Cl2NO. The van der Waals surface area contributed by atoms with Crippen LogP contribution in [0.3, 0.4) is 0 Å². The van der Waals surface area contributed by atoms with E-state index in [1.165, 1.54) is 19.3 Å². The summed E-state index contributed by atoms with van der Waals surface area (Å²) < 4.78 is 0. The molecule has 2 nitrogen and oxygen atoms in total. The van der Waals surface area contributed by atoms with Gasteiger partial charge in [-0.3, -0.25) is 4.79 Å². The molecule has 2 rings (SSSR count). The zero-order valence-electron chi connectivity index (χ0n) is 11.5. The SMILES string of the molecule is C[C@H]1CCCC[C@@H]1NC(=O)/C=C/c1ccc(Cl)c(Cl)c1. The lowest BCUT2D eigenvalue weighted by molar-refractivity contribution is -0.117. The molecule has 0 bridgehead atoms. The highest BCUT2D eigenvalue weighted by molar-refractivity contribution is 6.42. The number of nitrogens with one attached hydrogen (secondary N) is 1. The van der Waals surface area contributed by atoms with Gasteiger partial charge in [0.15, 0.2) is 0 Å². The Hall–Kier alpha value is -0.990. The van der Waals surface area contributed by atoms with E-state index in [2.05, 4.69) is 12.2 Å². The van der Waals surface area contributed by atoms with Gasteiger partial charge in [-0.1, -0.05) is 49.0 Å². The third-order valence-corrected chi connectivity index (χ3v) is 4.55. The standard InChI is InChI=1S/C16H19Cl2NO/c1-11-4-2-3-5-15(11)19-16(20)9-7-12-6-8-13(17)14(18)10-12/h6-11,15H,2-5H2,1H3,(H,19,20)/b9-7+/t11-,15-/m0/s1. The summed E-state index contributed by atoms with van der Waals surface area (Å²) in [7, 11) is 0. The average Bonchev–Trinajstić information content (AvgIpc) is 2.43. The Kier molecular flexibility index (Phi) is 5.50. The Morgan fingerprint density at radius 1 is 1.25 bits per heavy atom. The van der Waals surface area contributed by atoms with E-state index >= 15 is 0 Å². The largest absolute Gasteiger partial charge is 0.350 e. The van der Waals surface area contributed by atoms with Crippen LogP contribution >= 0.6 is 23.2 Å². The Balaban J connectivity index is 1.93. The molecule has 108 valence electrons. The molecule has 0 aromatic heterocycles. The molecule has 1 N–H and O–H groups in total. The van der Waals surface area contributed by atoms with Gasteiger partial charge in [0.25, 0.3) is 0 Å². The topological polar surface area (TPSA) is 29.1 Å². The van der Waals surface area contributed by atoms with Gasteiger partial charge in [0, 0.05) is 12.1 Å². The van der Waals surface area contributed by atoms with E-state index in [4.69, 9.17) is 23.2 Å². The maximum atomic E-state index is 11.9. The van der Waals surface area contributed by atoms with Crippen molar-refractivity contribution in [3.63, 3.8) is 0 Å². The first-order valence-electron chi connectivity index (χ1n) is 7.00. The van der Waals surface area contributed by atoms with E-state index < -0.39 is 0 Å². The van der Waals surface area contributed by atoms with Crippen LogP contribution in [0.25, 0.3) is 6.08 Å². The van der Waals surface area contributed by atoms with Gasteiger partial charge >= 0.3 is 0 Å². The molecule has 1 aliphatic rings. The first kappa shape index (κ1) is 15.4. The second kappa shape index (κ2) is 7.14. The summed E-state index contributed by atoms with van der Waals surface area (Å²) in [6.45, 7) is 2.20. The van der Waals surface area contributed by atoms with E-state index in [1.54, 1.807) is 24.3 Å². The zero-order valence-corrected chi connectivity index (χ0v) is 13.0. The number of hydrogen-bond donors (Lipinski definition) is 1. The number of amides is 1. The number of carbonyl (C=O) groups is 1. The number of benzene rings is 1. The van der Waals surface area contributed by atoms with E-state index in [9.17, 15) is 4.79 Å². The summed E-state index contributed by atoms with van der Waals surface area (Å²) in [5, 5.41) is 4.09. The van der Waals surface area contributed by atoms with Crippen molar-refractivity contribution in [3.8, 4) is 0 Å². The molecule has 1 amide bonds. The molecular weight excluding hydrogens is 293 g/mol. The Morgan fingerprint density at radius 2 is 2.00 bits per heavy atom. The molecule has 0 spiro atoms. The molecule has 1 saturated carbocycles. The fourth-order valence-electron chi connectivity index (χ4n) is 2.55. The lowest BCUT2D eigenvalue weighted by Gasteiger charge is -2.29. The van der Waals surface area contributed by atoms with Gasteiger partial charge in [0.05, 0.1) is 10.0 Å². The monoisotopic (exact) mass is 311 g/mol. The van der Waals surface area contributed by atoms with Crippen molar-refractivity contribution in [1.82, 2.24) is 5.32 Å². The summed E-state index contributed by atoms with van der Waals surface area (Å²) in [5.74, 6) is 0.515. The number of rotatable bonds is 3. The van der Waals surface area contributed by atoms with Crippen LogP contribution in [0, 0.1) is 5.92 Å². The second-order valence-electron chi connectivity index (χ2n) is 5.38. The van der Waals surface area contributed by atoms with Gasteiger partial charge < -0.3 is 5.32 Å². The minimum Gasteiger partial charge on any atom is -0.350 e. The minimum atomic E-state index is -0.0465. The highest BCUT2D eigenvalue weighted by atomic mass is 35.5. The third kappa shape index (κ3) is 4.26. The predicted molar refractivity (Wildman–Crippen MR) is 85.1 cm³/mol. The highest BCUT2D eigenvalue weighted by Crippen LogP contribution is 2.24. The quantitative estimate of drug-likeness (QED) is 0.805. The van der Waals surface area contributed by atoms with Gasteiger partial charge in [0.1, 0.15) is 0 Å². The molecule has 2 atom stereocenters. The fourth-order valence-corrected chi connectivity index (χ4v) is 2.86. The number of halogens is 2. The summed E-state index contributed by atoms with van der Waals surface area (Å²) in [5.41, 5.74) is 0.867. The molecule has 20 heavy (non-hydrogen) atoms. The molecule has 1 aliphatic carbocycles. The Labute approximate surface area is 130 Å². The predicted octanol–water partition coefficient (Wildman–Crippen LogP) is 4.70. The normalized spacial score (nSPS) is 22.9. The van der Waals surface area contributed by atoms with Gasteiger partial charge in [-0.15, -0.1) is 0 Å². The summed E-state index contributed by atoms with van der Waals surface area (Å²) in [6.07, 6.45) is 8.05. The van der Waals surface area contributed by atoms with E-state index in [1.807, 2.05) is 6.07 Å². The Morgan fingerprint density at radius 3 is 2.70 bits per heavy atom. The van der Waals surface area contributed by atoms with Crippen molar-refractivity contribution in [2.75, 3.05) is 0 Å². The average molecular weight is 312 g/mol. The molecule has 4 heteroatoms. The van der Waals surface area contributed by atoms with Crippen LogP contribution in [-0.4, -0.2) is 11.9 Å². The maximum absolute atomic E-state index is 11.9. The smallest absolute Gasteiger partial charge is 0.244 e. The van der Waals surface area contributed by atoms with Gasteiger partial charge in [-0.05, 0) is 42.5 Å². The van der Waals surface area contributed by atoms with Gasteiger partial charge in [-0.25, -0.2) is 0 Å². The Bertz CT molecular complexity index is 513. The first-order valence-corrected chi connectivity index (χ1v) is 7.75. The summed E-state index contributed by atoms with van der Waals surface area (Å²) in [4.78, 5) is 11.9.